The van der Waals surface area contributed by atoms with Crippen LogP contribution in [0.3, 0.4) is 0 Å². The summed E-state index contributed by atoms with van der Waals surface area (Å²) in [6.45, 7) is 10.8. The van der Waals surface area contributed by atoms with Crippen molar-refractivity contribution in [2.75, 3.05) is 26.3 Å². The Morgan fingerprint density at radius 1 is 1.50 bits per heavy atom. The smallest absolute Gasteiger partial charge is 0.0554 e. The third kappa shape index (κ3) is 2.65. The van der Waals surface area contributed by atoms with Crippen LogP contribution < -0.4 is 5.32 Å². The van der Waals surface area contributed by atoms with Gasteiger partial charge in [-0.25, -0.2) is 0 Å². The topological polar surface area (TPSA) is 21.3 Å². The Hall–Kier alpha value is -0.380. The van der Waals surface area contributed by atoms with Crippen LogP contribution in [0, 0.1) is 5.41 Å². The largest absolute Gasteiger partial charge is 0.380 e. The average Bonchev–Trinajstić information content (AvgIpc) is 2.68. The first-order chi connectivity index (χ1) is 7.52. The highest BCUT2D eigenvalue weighted by atomic mass is 32.1. The molecule has 2 heterocycles. The Labute approximate surface area is 102 Å². The van der Waals surface area contributed by atoms with Gasteiger partial charge in [-0.05, 0) is 11.4 Å². The zero-order valence-electron chi connectivity index (χ0n) is 10.4. The molecule has 0 amide bonds. The maximum Gasteiger partial charge on any atom is 0.0554 e. The Morgan fingerprint density at radius 2 is 2.25 bits per heavy atom. The summed E-state index contributed by atoms with van der Waals surface area (Å²) in [5.41, 5.74) is 0.598. The lowest BCUT2D eigenvalue weighted by molar-refractivity contribution is -0.0992. The van der Waals surface area contributed by atoms with E-state index in [-0.39, 0.29) is 5.41 Å². The summed E-state index contributed by atoms with van der Waals surface area (Å²) in [5, 5.41) is 5.73. The molecule has 90 valence electrons. The van der Waals surface area contributed by atoms with Gasteiger partial charge in [0.25, 0.3) is 0 Å². The van der Waals surface area contributed by atoms with E-state index in [1.54, 1.807) is 0 Å². The Bertz CT molecular complexity index is 328. The predicted octanol–water partition coefficient (Wildman–Crippen LogP) is 2.65. The van der Waals surface area contributed by atoms with Crippen LogP contribution in [-0.2, 0) is 10.2 Å². The summed E-state index contributed by atoms with van der Waals surface area (Å²) in [6.07, 6.45) is 0. The van der Waals surface area contributed by atoms with Crippen LogP contribution in [0.25, 0.3) is 0 Å². The second-order valence-electron chi connectivity index (χ2n) is 5.77. The fourth-order valence-corrected chi connectivity index (χ4v) is 2.83. The Balaban J connectivity index is 1.81. The summed E-state index contributed by atoms with van der Waals surface area (Å²) in [6, 6.07) is 4.35. The lowest BCUT2D eigenvalue weighted by Crippen LogP contribution is -2.49. The summed E-state index contributed by atoms with van der Waals surface area (Å²) < 4.78 is 5.25. The summed E-state index contributed by atoms with van der Waals surface area (Å²) in [5.74, 6) is 0. The molecule has 1 aromatic rings. The third-order valence-corrected chi connectivity index (χ3v) is 4.44. The molecule has 1 fully saturated rings. The van der Waals surface area contributed by atoms with Gasteiger partial charge in [0.05, 0.1) is 13.2 Å². The fraction of sp³-hybridized carbons (Fsp3) is 0.692. The maximum absolute atomic E-state index is 5.25. The van der Waals surface area contributed by atoms with Crippen molar-refractivity contribution in [1.82, 2.24) is 5.32 Å². The van der Waals surface area contributed by atoms with Crippen LogP contribution >= 0.6 is 11.3 Å². The lowest BCUT2D eigenvalue weighted by Gasteiger charge is -2.39. The molecule has 0 aliphatic carbocycles. The SMILES string of the molecule is CC1(CNCC(C)(C)c2cccs2)COC1. The predicted molar refractivity (Wildman–Crippen MR) is 69.1 cm³/mol. The van der Waals surface area contributed by atoms with Crippen LogP contribution in [0.4, 0.5) is 0 Å². The molecule has 0 atom stereocenters. The standard InChI is InChI=1S/C13H21NOS/c1-12(2,11-5-4-6-16-11)7-14-8-13(3)9-15-10-13/h4-6,14H,7-10H2,1-3H3. The first-order valence-electron chi connectivity index (χ1n) is 5.84. The van der Waals surface area contributed by atoms with E-state index in [1.807, 2.05) is 11.3 Å². The monoisotopic (exact) mass is 239 g/mol. The van der Waals surface area contributed by atoms with Gasteiger partial charge >= 0.3 is 0 Å². The molecule has 1 N–H and O–H groups in total. The highest BCUT2D eigenvalue weighted by molar-refractivity contribution is 7.10. The minimum absolute atomic E-state index is 0.231. The Morgan fingerprint density at radius 3 is 2.75 bits per heavy atom. The van der Waals surface area contributed by atoms with Gasteiger partial charge in [-0.15, -0.1) is 11.3 Å². The van der Waals surface area contributed by atoms with Gasteiger partial charge in [0.15, 0.2) is 0 Å². The number of ether oxygens (including phenoxy) is 1. The molecule has 0 radical (unpaired) electrons. The maximum atomic E-state index is 5.25. The van der Waals surface area contributed by atoms with Gasteiger partial charge in [0, 0.05) is 28.8 Å². The van der Waals surface area contributed by atoms with Gasteiger partial charge in [-0.3, -0.25) is 0 Å². The van der Waals surface area contributed by atoms with Crippen LogP contribution in [0.15, 0.2) is 17.5 Å². The first kappa shape index (κ1) is 12.1. The van der Waals surface area contributed by atoms with Crippen molar-refractivity contribution in [3.63, 3.8) is 0 Å². The number of hydrogen-bond donors (Lipinski definition) is 1. The van der Waals surface area contributed by atoms with Crippen LogP contribution in [-0.4, -0.2) is 26.3 Å². The van der Waals surface area contributed by atoms with E-state index in [1.165, 1.54) is 4.88 Å². The minimum Gasteiger partial charge on any atom is -0.380 e. The van der Waals surface area contributed by atoms with Gasteiger partial charge in [0.2, 0.25) is 0 Å². The summed E-state index contributed by atoms with van der Waals surface area (Å²) in [4.78, 5) is 1.45. The molecular weight excluding hydrogens is 218 g/mol. The van der Waals surface area contributed by atoms with E-state index in [0.717, 1.165) is 26.3 Å². The highest BCUT2D eigenvalue weighted by Gasteiger charge is 2.33. The molecular formula is C13H21NOS. The molecule has 0 saturated carbocycles. The van der Waals surface area contributed by atoms with Crippen molar-refractivity contribution in [2.45, 2.75) is 26.2 Å². The molecule has 0 spiro atoms. The van der Waals surface area contributed by atoms with Crippen LogP contribution in [0.2, 0.25) is 0 Å². The quantitative estimate of drug-likeness (QED) is 0.853. The fourth-order valence-electron chi connectivity index (χ4n) is 1.98. The summed E-state index contributed by atoms with van der Waals surface area (Å²) in [7, 11) is 0. The van der Waals surface area contributed by atoms with Crippen molar-refractivity contribution >= 4 is 11.3 Å². The number of nitrogens with one attached hydrogen (secondary N) is 1. The molecule has 16 heavy (non-hydrogen) atoms. The van der Waals surface area contributed by atoms with E-state index < -0.39 is 0 Å². The Kier molecular flexibility index (Phi) is 3.38. The van der Waals surface area contributed by atoms with E-state index in [9.17, 15) is 0 Å². The molecule has 3 heteroatoms. The second kappa shape index (κ2) is 4.47. The van der Waals surface area contributed by atoms with E-state index in [4.69, 9.17) is 4.74 Å². The zero-order chi connectivity index (χ0) is 11.6. The lowest BCUT2D eigenvalue weighted by atomic mass is 9.87. The van der Waals surface area contributed by atoms with Crippen molar-refractivity contribution < 1.29 is 4.74 Å². The van der Waals surface area contributed by atoms with Crippen molar-refractivity contribution in [3.05, 3.63) is 22.4 Å². The van der Waals surface area contributed by atoms with Crippen molar-refractivity contribution in [3.8, 4) is 0 Å². The van der Waals surface area contributed by atoms with Crippen molar-refractivity contribution in [1.29, 1.82) is 0 Å². The van der Waals surface area contributed by atoms with E-state index in [2.05, 4.69) is 43.6 Å². The molecule has 1 aliphatic rings. The molecule has 0 aromatic carbocycles. The van der Waals surface area contributed by atoms with E-state index >= 15 is 0 Å². The minimum atomic E-state index is 0.231. The van der Waals surface area contributed by atoms with Gasteiger partial charge in [-0.2, -0.15) is 0 Å². The molecule has 2 nitrogen and oxygen atoms in total. The number of thiophene rings is 1. The molecule has 0 unspecified atom stereocenters. The zero-order valence-corrected chi connectivity index (χ0v) is 11.2. The molecule has 1 aliphatic heterocycles. The summed E-state index contributed by atoms with van der Waals surface area (Å²) >= 11 is 1.84. The normalized spacial score (nSPS) is 19.4. The van der Waals surface area contributed by atoms with Crippen LogP contribution in [0.5, 0.6) is 0 Å². The molecule has 2 rings (SSSR count). The third-order valence-electron chi connectivity index (χ3n) is 3.21. The van der Waals surface area contributed by atoms with E-state index in [0.29, 0.717) is 5.41 Å². The number of hydrogen-bond acceptors (Lipinski definition) is 3. The molecule has 1 saturated heterocycles. The first-order valence-corrected chi connectivity index (χ1v) is 6.72. The van der Waals surface area contributed by atoms with Crippen molar-refractivity contribution in [2.24, 2.45) is 5.41 Å². The van der Waals surface area contributed by atoms with Crippen LogP contribution in [0.1, 0.15) is 25.6 Å². The van der Waals surface area contributed by atoms with Gasteiger partial charge < -0.3 is 10.1 Å². The second-order valence-corrected chi connectivity index (χ2v) is 6.72. The van der Waals surface area contributed by atoms with Gasteiger partial charge in [-0.1, -0.05) is 26.8 Å². The number of rotatable bonds is 5. The molecule has 1 aromatic heterocycles. The highest BCUT2D eigenvalue weighted by Crippen LogP contribution is 2.28. The molecule has 0 bridgehead atoms. The van der Waals surface area contributed by atoms with Gasteiger partial charge in [0.1, 0.15) is 0 Å². The average molecular weight is 239 g/mol.